The number of allylic oxidation sites excluding steroid dienone is 7. The largest absolute Gasteiger partial charge is 0.0956 e. The summed E-state index contributed by atoms with van der Waals surface area (Å²) in [5.74, 6) is 0. The van der Waals surface area contributed by atoms with Gasteiger partial charge in [-0.05, 0) is 50.3 Å². The lowest BCUT2D eigenvalue weighted by Gasteiger charge is -2.04. The van der Waals surface area contributed by atoms with Crippen LogP contribution in [0.2, 0.25) is 0 Å². The molecule has 0 radical (unpaired) electrons. The average molecular weight is 204 g/mol. The first-order valence-electron chi connectivity index (χ1n) is 5.75. The average Bonchev–Trinajstić information content (AvgIpc) is 2.26. The fourth-order valence-electron chi connectivity index (χ4n) is 1.46. The molecule has 0 aliphatic rings. The zero-order chi connectivity index (χ0) is 11.8. The first kappa shape index (κ1) is 14.0. The van der Waals surface area contributed by atoms with E-state index in [4.69, 9.17) is 0 Å². The topological polar surface area (TPSA) is 0 Å². The molecular formula is C15H24. The molecule has 0 spiro atoms. The fourth-order valence-corrected chi connectivity index (χ4v) is 1.46. The molecule has 0 rings (SSSR count). The van der Waals surface area contributed by atoms with E-state index in [1.807, 2.05) is 0 Å². The van der Waals surface area contributed by atoms with Crippen molar-refractivity contribution in [1.82, 2.24) is 0 Å². The van der Waals surface area contributed by atoms with Gasteiger partial charge in [-0.2, -0.15) is 0 Å². The van der Waals surface area contributed by atoms with Crippen LogP contribution in [-0.4, -0.2) is 0 Å². The highest BCUT2D eigenvalue weighted by atomic mass is 14.0. The second kappa shape index (κ2) is 7.28. The molecule has 15 heavy (non-hydrogen) atoms. The standard InChI is InChI=1S/C15H24/c1-7-12(4)13(5)10-11-14(6)15(8-2)9-3/h8,10-11H,4,7,9H2,1-3,5-6H3/b13-10+,14-11-,15-8+. The van der Waals surface area contributed by atoms with E-state index in [1.54, 1.807) is 0 Å². The molecule has 0 unspecified atom stereocenters. The van der Waals surface area contributed by atoms with Crippen molar-refractivity contribution in [2.75, 3.05) is 0 Å². The lowest BCUT2D eigenvalue weighted by molar-refractivity contribution is 1.09. The Balaban J connectivity index is 4.71. The van der Waals surface area contributed by atoms with Crippen LogP contribution < -0.4 is 0 Å². The molecule has 0 bridgehead atoms. The minimum absolute atomic E-state index is 1.03. The lowest BCUT2D eigenvalue weighted by atomic mass is 10.0. The van der Waals surface area contributed by atoms with Crippen molar-refractivity contribution in [1.29, 1.82) is 0 Å². The van der Waals surface area contributed by atoms with Crippen molar-refractivity contribution in [3.63, 3.8) is 0 Å². The predicted octanol–water partition coefficient (Wildman–Crippen LogP) is 5.20. The van der Waals surface area contributed by atoms with E-state index >= 15 is 0 Å². The smallest absolute Gasteiger partial charge is 0.0308 e. The molecule has 0 amide bonds. The van der Waals surface area contributed by atoms with Crippen molar-refractivity contribution in [2.24, 2.45) is 0 Å². The van der Waals surface area contributed by atoms with Crippen molar-refractivity contribution in [3.05, 3.63) is 47.1 Å². The van der Waals surface area contributed by atoms with Crippen LogP contribution in [0.1, 0.15) is 47.5 Å². The van der Waals surface area contributed by atoms with E-state index in [1.165, 1.54) is 22.3 Å². The molecule has 0 heteroatoms. The van der Waals surface area contributed by atoms with E-state index in [0.717, 1.165) is 12.8 Å². The van der Waals surface area contributed by atoms with E-state index in [-0.39, 0.29) is 0 Å². The van der Waals surface area contributed by atoms with Crippen molar-refractivity contribution >= 4 is 0 Å². The Morgan fingerprint density at radius 2 is 1.53 bits per heavy atom. The predicted molar refractivity (Wildman–Crippen MR) is 71.0 cm³/mol. The number of rotatable bonds is 5. The van der Waals surface area contributed by atoms with Gasteiger partial charge in [0, 0.05) is 0 Å². The fraction of sp³-hybridized carbons (Fsp3) is 0.467. The van der Waals surface area contributed by atoms with E-state index in [2.05, 4.69) is 59.4 Å². The molecule has 84 valence electrons. The molecule has 0 saturated carbocycles. The van der Waals surface area contributed by atoms with Crippen LogP contribution in [0.4, 0.5) is 0 Å². The third kappa shape index (κ3) is 4.83. The third-order valence-electron chi connectivity index (χ3n) is 2.80. The Morgan fingerprint density at radius 1 is 1.00 bits per heavy atom. The summed E-state index contributed by atoms with van der Waals surface area (Å²) >= 11 is 0. The molecule has 0 aromatic rings. The van der Waals surface area contributed by atoms with Gasteiger partial charge in [0.15, 0.2) is 0 Å². The van der Waals surface area contributed by atoms with Gasteiger partial charge >= 0.3 is 0 Å². The molecule has 0 aliphatic heterocycles. The van der Waals surface area contributed by atoms with Gasteiger partial charge < -0.3 is 0 Å². The summed E-state index contributed by atoms with van der Waals surface area (Å²) in [6, 6.07) is 0. The van der Waals surface area contributed by atoms with Crippen molar-refractivity contribution in [3.8, 4) is 0 Å². The summed E-state index contributed by atoms with van der Waals surface area (Å²) < 4.78 is 0. The molecular weight excluding hydrogens is 180 g/mol. The van der Waals surface area contributed by atoms with Crippen LogP contribution in [0.15, 0.2) is 47.1 Å². The van der Waals surface area contributed by atoms with Crippen LogP contribution in [0.3, 0.4) is 0 Å². The summed E-state index contributed by atoms with van der Waals surface area (Å²) in [6.07, 6.45) is 8.67. The van der Waals surface area contributed by atoms with Crippen molar-refractivity contribution in [2.45, 2.75) is 47.5 Å². The van der Waals surface area contributed by atoms with Crippen molar-refractivity contribution < 1.29 is 0 Å². The molecule has 0 nitrogen and oxygen atoms in total. The molecule has 0 atom stereocenters. The highest BCUT2D eigenvalue weighted by Gasteiger charge is 1.95. The van der Waals surface area contributed by atoms with E-state index in [9.17, 15) is 0 Å². The Hall–Kier alpha value is -1.04. The monoisotopic (exact) mass is 204 g/mol. The highest BCUT2D eigenvalue weighted by molar-refractivity contribution is 5.36. The minimum Gasteiger partial charge on any atom is -0.0956 e. The van der Waals surface area contributed by atoms with Gasteiger partial charge in [-0.3, -0.25) is 0 Å². The Morgan fingerprint density at radius 3 is 1.93 bits per heavy atom. The van der Waals surface area contributed by atoms with Gasteiger partial charge in [-0.15, -0.1) is 0 Å². The number of hydrogen-bond acceptors (Lipinski definition) is 0. The SMILES string of the molecule is C=C(CC)/C(C)=C/C=C(C)\C(=C\C)CC. The maximum Gasteiger partial charge on any atom is -0.0308 e. The van der Waals surface area contributed by atoms with Gasteiger partial charge in [0.2, 0.25) is 0 Å². The Bertz CT molecular complexity index is 298. The zero-order valence-electron chi connectivity index (χ0n) is 10.9. The molecule has 0 N–H and O–H groups in total. The second-order valence-corrected chi connectivity index (χ2v) is 3.82. The molecule has 0 aromatic carbocycles. The van der Waals surface area contributed by atoms with E-state index in [0.29, 0.717) is 0 Å². The summed E-state index contributed by atoms with van der Waals surface area (Å²) in [5.41, 5.74) is 5.27. The summed E-state index contributed by atoms with van der Waals surface area (Å²) in [4.78, 5) is 0. The highest BCUT2D eigenvalue weighted by Crippen LogP contribution is 2.15. The van der Waals surface area contributed by atoms with Gasteiger partial charge in [-0.25, -0.2) is 0 Å². The van der Waals surface area contributed by atoms with Gasteiger partial charge in [0.05, 0.1) is 0 Å². The molecule has 0 fully saturated rings. The first-order chi connectivity index (χ1) is 7.06. The maximum atomic E-state index is 4.02. The lowest BCUT2D eigenvalue weighted by Crippen LogP contribution is -1.84. The van der Waals surface area contributed by atoms with Gasteiger partial charge in [0.25, 0.3) is 0 Å². The van der Waals surface area contributed by atoms with Crippen LogP contribution in [-0.2, 0) is 0 Å². The van der Waals surface area contributed by atoms with Crippen LogP contribution in [0, 0.1) is 0 Å². The summed E-state index contributed by atoms with van der Waals surface area (Å²) in [6.45, 7) is 14.7. The third-order valence-corrected chi connectivity index (χ3v) is 2.80. The Kier molecular flexibility index (Phi) is 6.77. The van der Waals surface area contributed by atoms with E-state index < -0.39 is 0 Å². The molecule has 0 heterocycles. The second-order valence-electron chi connectivity index (χ2n) is 3.82. The van der Waals surface area contributed by atoms with Crippen LogP contribution >= 0.6 is 0 Å². The zero-order valence-corrected chi connectivity index (χ0v) is 10.9. The van der Waals surface area contributed by atoms with Crippen LogP contribution in [0.5, 0.6) is 0 Å². The minimum atomic E-state index is 1.03. The van der Waals surface area contributed by atoms with Crippen LogP contribution in [0.25, 0.3) is 0 Å². The Labute approximate surface area is 95.1 Å². The quantitative estimate of drug-likeness (QED) is 0.540. The summed E-state index contributed by atoms with van der Waals surface area (Å²) in [7, 11) is 0. The van der Waals surface area contributed by atoms with Gasteiger partial charge in [-0.1, -0.05) is 44.2 Å². The summed E-state index contributed by atoms with van der Waals surface area (Å²) in [5, 5.41) is 0. The van der Waals surface area contributed by atoms with Gasteiger partial charge in [0.1, 0.15) is 0 Å². The molecule has 0 aliphatic carbocycles. The molecule has 0 aromatic heterocycles. The number of hydrogen-bond donors (Lipinski definition) is 0. The first-order valence-corrected chi connectivity index (χ1v) is 5.75. The molecule has 0 saturated heterocycles. The maximum absolute atomic E-state index is 4.02. The normalized spacial score (nSPS) is 14.3.